The average molecular weight is 376 g/mol. The number of anilines is 3. The molecule has 1 heterocycles. The molecule has 1 aromatic carbocycles. The summed E-state index contributed by atoms with van der Waals surface area (Å²) in [4.78, 5) is 35.0. The highest BCUT2D eigenvalue weighted by atomic mass is 32.1. The number of hydrogen-bond donors (Lipinski definition) is 4. The third-order valence-corrected chi connectivity index (χ3v) is 4.28. The molecule has 8 nitrogen and oxygen atoms in total. The summed E-state index contributed by atoms with van der Waals surface area (Å²) in [5.41, 5.74) is 6.66. The maximum absolute atomic E-state index is 12.4. The maximum Gasteiger partial charge on any atom is 0.251 e. The zero-order valence-electron chi connectivity index (χ0n) is 14.6. The van der Waals surface area contributed by atoms with Gasteiger partial charge in [0.15, 0.2) is 0 Å². The van der Waals surface area contributed by atoms with E-state index in [1.807, 2.05) is 0 Å². The summed E-state index contributed by atoms with van der Waals surface area (Å²) in [6.07, 6.45) is 0. The molecule has 0 fully saturated rings. The first-order chi connectivity index (χ1) is 12.3. The van der Waals surface area contributed by atoms with E-state index < -0.39 is 11.9 Å². The molecule has 0 bridgehead atoms. The Labute approximate surface area is 154 Å². The standard InChI is InChI=1S/C17H20N4O4S/c1-9(16(24)21-17-12(15(18)23)6-7-26-17)19-13-8-11(20-10(2)22)4-5-14(13)25-3/h4-9,19H,1-3H3,(H2,18,23)(H,20,22)(H,21,24)/t9-/m1/s1. The van der Waals surface area contributed by atoms with E-state index in [0.717, 1.165) is 0 Å². The van der Waals surface area contributed by atoms with Crippen molar-refractivity contribution < 1.29 is 19.1 Å². The molecule has 2 aromatic rings. The SMILES string of the molecule is COc1ccc(NC(C)=O)cc1N[C@H](C)C(=O)Nc1sccc1C(N)=O. The van der Waals surface area contributed by atoms with Crippen molar-refractivity contribution in [2.45, 2.75) is 19.9 Å². The largest absolute Gasteiger partial charge is 0.495 e. The lowest BCUT2D eigenvalue weighted by Crippen LogP contribution is -2.32. The summed E-state index contributed by atoms with van der Waals surface area (Å²) in [6, 6.07) is 5.97. The van der Waals surface area contributed by atoms with Crippen LogP contribution in [0.5, 0.6) is 5.75 Å². The van der Waals surface area contributed by atoms with Gasteiger partial charge in [-0.3, -0.25) is 14.4 Å². The van der Waals surface area contributed by atoms with Crippen molar-refractivity contribution in [3.8, 4) is 5.75 Å². The summed E-state index contributed by atoms with van der Waals surface area (Å²) in [6.45, 7) is 3.07. The van der Waals surface area contributed by atoms with Gasteiger partial charge >= 0.3 is 0 Å². The van der Waals surface area contributed by atoms with Crippen LogP contribution < -0.4 is 26.4 Å². The van der Waals surface area contributed by atoms with Crippen molar-refractivity contribution in [2.24, 2.45) is 5.73 Å². The summed E-state index contributed by atoms with van der Waals surface area (Å²) < 4.78 is 5.28. The smallest absolute Gasteiger partial charge is 0.251 e. The van der Waals surface area contributed by atoms with E-state index in [1.54, 1.807) is 36.6 Å². The minimum absolute atomic E-state index is 0.205. The quantitative estimate of drug-likeness (QED) is 0.590. The number of amides is 3. The molecular formula is C17H20N4O4S. The van der Waals surface area contributed by atoms with Crippen molar-refractivity contribution >= 4 is 45.4 Å². The number of benzene rings is 1. The zero-order valence-corrected chi connectivity index (χ0v) is 15.4. The molecule has 2 rings (SSSR count). The summed E-state index contributed by atoms with van der Waals surface area (Å²) in [7, 11) is 1.51. The summed E-state index contributed by atoms with van der Waals surface area (Å²) >= 11 is 1.21. The fraction of sp³-hybridized carbons (Fsp3) is 0.235. The third-order valence-electron chi connectivity index (χ3n) is 3.45. The Balaban J connectivity index is 2.13. The van der Waals surface area contributed by atoms with E-state index in [0.29, 0.717) is 22.1 Å². The third kappa shape index (κ3) is 4.73. The molecule has 5 N–H and O–H groups in total. The highest BCUT2D eigenvalue weighted by Crippen LogP contribution is 2.29. The number of nitrogens with one attached hydrogen (secondary N) is 3. The molecule has 26 heavy (non-hydrogen) atoms. The zero-order chi connectivity index (χ0) is 19.3. The van der Waals surface area contributed by atoms with Crippen LogP contribution in [0.25, 0.3) is 0 Å². The number of primary amides is 1. The summed E-state index contributed by atoms with van der Waals surface area (Å²) in [5, 5.41) is 10.5. The molecule has 0 unspecified atom stereocenters. The second-order valence-corrected chi connectivity index (χ2v) is 6.40. The van der Waals surface area contributed by atoms with Gasteiger partial charge in [-0.05, 0) is 36.6 Å². The van der Waals surface area contributed by atoms with Crippen LogP contribution in [0.2, 0.25) is 0 Å². The van der Waals surface area contributed by atoms with E-state index >= 15 is 0 Å². The molecule has 1 aromatic heterocycles. The maximum atomic E-state index is 12.4. The predicted octanol–water partition coefficient (Wildman–Crippen LogP) is 2.25. The van der Waals surface area contributed by atoms with E-state index in [1.165, 1.54) is 25.4 Å². The fourth-order valence-electron chi connectivity index (χ4n) is 2.22. The molecule has 3 amide bonds. The number of carbonyl (C=O) groups is 3. The van der Waals surface area contributed by atoms with Crippen LogP contribution in [0.15, 0.2) is 29.6 Å². The van der Waals surface area contributed by atoms with Crippen LogP contribution in [0, 0.1) is 0 Å². The number of hydrogen-bond acceptors (Lipinski definition) is 6. The Morgan fingerprint density at radius 3 is 2.54 bits per heavy atom. The van der Waals surface area contributed by atoms with Crippen LogP contribution in [0.3, 0.4) is 0 Å². The van der Waals surface area contributed by atoms with Gasteiger partial charge in [-0.1, -0.05) is 0 Å². The number of methoxy groups -OCH3 is 1. The van der Waals surface area contributed by atoms with Gasteiger partial charge in [0.05, 0.1) is 18.4 Å². The van der Waals surface area contributed by atoms with Gasteiger partial charge in [-0.25, -0.2) is 0 Å². The van der Waals surface area contributed by atoms with Gasteiger partial charge in [0.25, 0.3) is 5.91 Å². The molecule has 0 radical (unpaired) electrons. The van der Waals surface area contributed by atoms with Gasteiger partial charge in [0.2, 0.25) is 11.8 Å². The van der Waals surface area contributed by atoms with E-state index in [-0.39, 0.29) is 17.4 Å². The monoisotopic (exact) mass is 376 g/mol. The topological polar surface area (TPSA) is 123 Å². The Hall–Kier alpha value is -3.07. The van der Waals surface area contributed by atoms with Crippen LogP contribution in [-0.4, -0.2) is 30.9 Å². The molecule has 0 saturated heterocycles. The van der Waals surface area contributed by atoms with Crippen LogP contribution >= 0.6 is 11.3 Å². The van der Waals surface area contributed by atoms with Gasteiger partial charge in [0.1, 0.15) is 16.8 Å². The van der Waals surface area contributed by atoms with Crippen molar-refractivity contribution in [1.82, 2.24) is 0 Å². The van der Waals surface area contributed by atoms with E-state index in [2.05, 4.69) is 16.0 Å². The van der Waals surface area contributed by atoms with Crippen molar-refractivity contribution in [2.75, 3.05) is 23.1 Å². The van der Waals surface area contributed by atoms with E-state index in [4.69, 9.17) is 10.5 Å². The minimum atomic E-state index is -0.640. The minimum Gasteiger partial charge on any atom is -0.495 e. The van der Waals surface area contributed by atoms with Crippen molar-refractivity contribution in [3.05, 3.63) is 35.2 Å². The number of carbonyl (C=O) groups excluding carboxylic acids is 3. The van der Waals surface area contributed by atoms with Crippen molar-refractivity contribution in [1.29, 1.82) is 0 Å². The van der Waals surface area contributed by atoms with E-state index in [9.17, 15) is 14.4 Å². The Morgan fingerprint density at radius 1 is 1.19 bits per heavy atom. The molecular weight excluding hydrogens is 356 g/mol. The Bertz CT molecular complexity index is 834. The Morgan fingerprint density at radius 2 is 1.92 bits per heavy atom. The number of rotatable bonds is 7. The number of nitrogens with two attached hydrogens (primary N) is 1. The summed E-state index contributed by atoms with van der Waals surface area (Å²) in [5.74, 6) is -0.634. The fourth-order valence-corrected chi connectivity index (χ4v) is 3.02. The highest BCUT2D eigenvalue weighted by Gasteiger charge is 2.18. The number of thiophene rings is 1. The van der Waals surface area contributed by atoms with Gasteiger partial charge in [-0.15, -0.1) is 11.3 Å². The van der Waals surface area contributed by atoms with Crippen LogP contribution in [-0.2, 0) is 9.59 Å². The molecule has 138 valence electrons. The second kappa shape index (κ2) is 8.34. The molecule has 1 atom stereocenters. The second-order valence-electron chi connectivity index (χ2n) is 5.48. The first kappa shape index (κ1) is 19.3. The highest BCUT2D eigenvalue weighted by molar-refractivity contribution is 7.14. The lowest BCUT2D eigenvalue weighted by molar-refractivity contribution is -0.116. The average Bonchev–Trinajstić information content (AvgIpc) is 3.03. The molecule has 9 heteroatoms. The molecule has 0 saturated carbocycles. The lowest BCUT2D eigenvalue weighted by atomic mass is 10.2. The lowest BCUT2D eigenvalue weighted by Gasteiger charge is -2.18. The normalized spacial score (nSPS) is 11.3. The van der Waals surface area contributed by atoms with Gasteiger partial charge in [0, 0.05) is 12.6 Å². The number of ether oxygens (including phenoxy) is 1. The first-order valence-corrected chi connectivity index (χ1v) is 8.60. The van der Waals surface area contributed by atoms with Gasteiger partial charge in [-0.2, -0.15) is 0 Å². The van der Waals surface area contributed by atoms with Crippen LogP contribution in [0.4, 0.5) is 16.4 Å². The van der Waals surface area contributed by atoms with Gasteiger partial charge < -0.3 is 26.4 Å². The molecule has 0 aliphatic carbocycles. The Kier molecular flexibility index (Phi) is 6.18. The molecule has 0 spiro atoms. The first-order valence-electron chi connectivity index (χ1n) is 7.72. The molecule has 0 aliphatic rings. The van der Waals surface area contributed by atoms with Crippen molar-refractivity contribution in [3.63, 3.8) is 0 Å². The predicted molar refractivity (Wildman–Crippen MR) is 102 cm³/mol. The molecule has 0 aliphatic heterocycles. The van der Waals surface area contributed by atoms with Crippen LogP contribution in [0.1, 0.15) is 24.2 Å².